The first-order valence-corrected chi connectivity index (χ1v) is 9.19. The Hall–Kier alpha value is -2.71. The molecule has 0 bridgehead atoms. The molecule has 3 heterocycles. The van der Waals surface area contributed by atoms with E-state index in [9.17, 15) is 13.9 Å². The zero-order chi connectivity index (χ0) is 19.7. The summed E-state index contributed by atoms with van der Waals surface area (Å²) in [6, 6.07) is 7.40. The van der Waals surface area contributed by atoms with Crippen molar-refractivity contribution in [3.05, 3.63) is 65.1 Å². The summed E-state index contributed by atoms with van der Waals surface area (Å²) in [5, 5.41) is 18.1. The van der Waals surface area contributed by atoms with Crippen molar-refractivity contribution < 1.29 is 13.9 Å². The fraction of sp³-hybridized carbons (Fsp3) is 0.350. The van der Waals surface area contributed by atoms with Gasteiger partial charge in [-0.2, -0.15) is 0 Å². The van der Waals surface area contributed by atoms with Crippen molar-refractivity contribution in [3.63, 3.8) is 0 Å². The molecular weight excluding hydrogens is 364 g/mol. The fourth-order valence-corrected chi connectivity index (χ4v) is 3.65. The van der Waals surface area contributed by atoms with Crippen LogP contribution in [0.4, 0.5) is 8.78 Å². The number of rotatable bonds is 5. The van der Waals surface area contributed by atoms with Gasteiger partial charge in [0, 0.05) is 43.2 Å². The molecule has 1 aliphatic rings. The molecule has 1 saturated heterocycles. The first kappa shape index (κ1) is 18.6. The van der Waals surface area contributed by atoms with Gasteiger partial charge in [0.05, 0.1) is 18.3 Å². The first-order valence-electron chi connectivity index (χ1n) is 9.19. The SMILES string of the molecule is Cc1ccc(CN2CCC(n3nnc(-c4ccc(F)cc4F)c3CO)C2)cn1. The van der Waals surface area contributed by atoms with Gasteiger partial charge in [0.1, 0.15) is 17.3 Å². The third-order valence-electron chi connectivity index (χ3n) is 5.10. The van der Waals surface area contributed by atoms with Crippen LogP contribution >= 0.6 is 0 Å². The van der Waals surface area contributed by atoms with E-state index in [0.29, 0.717) is 5.69 Å². The summed E-state index contributed by atoms with van der Waals surface area (Å²) in [5.41, 5.74) is 2.95. The maximum absolute atomic E-state index is 14.2. The number of likely N-dealkylation sites (tertiary alicyclic amines) is 1. The van der Waals surface area contributed by atoms with E-state index in [2.05, 4.69) is 26.3 Å². The smallest absolute Gasteiger partial charge is 0.135 e. The molecule has 146 valence electrons. The summed E-state index contributed by atoms with van der Waals surface area (Å²) in [6.45, 7) is 4.04. The van der Waals surface area contributed by atoms with Gasteiger partial charge in [-0.25, -0.2) is 13.5 Å². The Morgan fingerprint density at radius 2 is 2.07 bits per heavy atom. The standard InChI is InChI=1S/C20H21F2N5O/c1-13-2-3-14(9-23-13)10-26-7-6-16(11-26)27-19(12-28)20(24-25-27)17-5-4-15(21)8-18(17)22/h2-5,8-9,16,28H,6-7,10-12H2,1H3. The van der Waals surface area contributed by atoms with Crippen LogP contribution in [-0.4, -0.2) is 43.1 Å². The Bertz CT molecular complexity index is 973. The molecule has 1 N–H and O–H groups in total. The summed E-state index contributed by atoms with van der Waals surface area (Å²) >= 11 is 0. The number of pyridine rings is 1. The summed E-state index contributed by atoms with van der Waals surface area (Å²) in [5.74, 6) is -1.38. The van der Waals surface area contributed by atoms with Crippen molar-refractivity contribution in [1.29, 1.82) is 0 Å². The van der Waals surface area contributed by atoms with Crippen molar-refractivity contribution in [2.24, 2.45) is 0 Å². The summed E-state index contributed by atoms with van der Waals surface area (Å²) < 4.78 is 29.0. The van der Waals surface area contributed by atoms with E-state index in [-0.39, 0.29) is 23.9 Å². The Labute approximate surface area is 161 Å². The second-order valence-electron chi connectivity index (χ2n) is 7.10. The van der Waals surface area contributed by atoms with Gasteiger partial charge in [-0.1, -0.05) is 11.3 Å². The van der Waals surface area contributed by atoms with Gasteiger partial charge in [0.15, 0.2) is 0 Å². The minimum atomic E-state index is -0.721. The molecule has 2 aromatic heterocycles. The molecule has 3 aromatic rings. The number of aromatic nitrogens is 4. The predicted molar refractivity (Wildman–Crippen MR) is 99.2 cm³/mol. The van der Waals surface area contributed by atoms with Crippen molar-refractivity contribution in [2.45, 2.75) is 32.5 Å². The van der Waals surface area contributed by atoms with Crippen LogP contribution in [0.15, 0.2) is 36.5 Å². The molecule has 1 aliphatic heterocycles. The second kappa shape index (κ2) is 7.73. The highest BCUT2D eigenvalue weighted by atomic mass is 19.1. The van der Waals surface area contributed by atoms with E-state index in [1.165, 1.54) is 12.1 Å². The molecule has 1 fully saturated rings. The molecule has 0 saturated carbocycles. The maximum atomic E-state index is 14.2. The Kier molecular flexibility index (Phi) is 5.15. The van der Waals surface area contributed by atoms with Gasteiger partial charge in [0.25, 0.3) is 0 Å². The number of hydrogen-bond acceptors (Lipinski definition) is 5. The molecule has 1 unspecified atom stereocenters. The molecule has 0 radical (unpaired) electrons. The van der Waals surface area contributed by atoms with E-state index in [1.54, 1.807) is 4.68 Å². The maximum Gasteiger partial charge on any atom is 0.135 e. The zero-order valence-electron chi connectivity index (χ0n) is 15.5. The molecule has 1 atom stereocenters. The third kappa shape index (κ3) is 3.65. The van der Waals surface area contributed by atoms with Crippen LogP contribution < -0.4 is 0 Å². The molecule has 8 heteroatoms. The lowest BCUT2D eigenvalue weighted by Crippen LogP contribution is -2.22. The van der Waals surface area contributed by atoms with Crippen LogP contribution in [0.5, 0.6) is 0 Å². The number of aryl methyl sites for hydroxylation is 1. The lowest BCUT2D eigenvalue weighted by molar-refractivity contribution is 0.257. The number of halogens is 2. The number of benzene rings is 1. The minimum absolute atomic E-state index is 0.0327. The highest BCUT2D eigenvalue weighted by Gasteiger charge is 2.28. The van der Waals surface area contributed by atoms with Gasteiger partial charge in [0.2, 0.25) is 0 Å². The van der Waals surface area contributed by atoms with Gasteiger partial charge in [-0.05, 0) is 37.1 Å². The lowest BCUT2D eigenvalue weighted by Gasteiger charge is -2.17. The fourth-order valence-electron chi connectivity index (χ4n) is 3.65. The second-order valence-corrected chi connectivity index (χ2v) is 7.10. The predicted octanol–water partition coefficient (Wildman–Crippen LogP) is 2.87. The minimum Gasteiger partial charge on any atom is -0.390 e. The van der Waals surface area contributed by atoms with E-state index in [0.717, 1.165) is 43.4 Å². The Morgan fingerprint density at radius 1 is 1.21 bits per heavy atom. The van der Waals surface area contributed by atoms with Crippen LogP contribution in [0.1, 0.15) is 29.4 Å². The number of nitrogens with zero attached hydrogens (tertiary/aromatic N) is 5. The molecule has 0 amide bonds. The van der Waals surface area contributed by atoms with Gasteiger partial charge >= 0.3 is 0 Å². The third-order valence-corrected chi connectivity index (χ3v) is 5.10. The van der Waals surface area contributed by atoms with Crippen LogP contribution in [0.3, 0.4) is 0 Å². The molecule has 28 heavy (non-hydrogen) atoms. The van der Waals surface area contributed by atoms with Crippen molar-refractivity contribution in [3.8, 4) is 11.3 Å². The number of aliphatic hydroxyl groups excluding tert-OH is 1. The van der Waals surface area contributed by atoms with Gasteiger partial charge < -0.3 is 5.11 Å². The Balaban J connectivity index is 1.53. The largest absolute Gasteiger partial charge is 0.390 e. The average Bonchev–Trinajstić information content (AvgIpc) is 3.30. The summed E-state index contributed by atoms with van der Waals surface area (Å²) in [7, 11) is 0. The van der Waals surface area contributed by atoms with E-state index in [4.69, 9.17) is 0 Å². The summed E-state index contributed by atoms with van der Waals surface area (Å²) in [4.78, 5) is 6.62. The van der Waals surface area contributed by atoms with Gasteiger partial charge in [-0.15, -0.1) is 5.10 Å². The van der Waals surface area contributed by atoms with Crippen LogP contribution in [0, 0.1) is 18.6 Å². The lowest BCUT2D eigenvalue weighted by atomic mass is 10.1. The van der Waals surface area contributed by atoms with E-state index in [1.807, 2.05) is 19.2 Å². The highest BCUT2D eigenvalue weighted by Crippen LogP contribution is 2.30. The molecule has 0 spiro atoms. The number of aliphatic hydroxyl groups is 1. The molecule has 0 aliphatic carbocycles. The van der Waals surface area contributed by atoms with Crippen LogP contribution in [-0.2, 0) is 13.2 Å². The molecule has 4 rings (SSSR count). The Morgan fingerprint density at radius 3 is 2.79 bits per heavy atom. The summed E-state index contributed by atoms with van der Waals surface area (Å²) in [6.07, 6.45) is 2.73. The van der Waals surface area contributed by atoms with Crippen molar-refractivity contribution in [1.82, 2.24) is 24.9 Å². The highest BCUT2D eigenvalue weighted by molar-refractivity contribution is 5.62. The number of hydrogen-bond donors (Lipinski definition) is 1. The monoisotopic (exact) mass is 385 g/mol. The van der Waals surface area contributed by atoms with Crippen molar-refractivity contribution in [2.75, 3.05) is 13.1 Å². The zero-order valence-corrected chi connectivity index (χ0v) is 15.5. The molecular formula is C20H21F2N5O. The van der Waals surface area contributed by atoms with Crippen LogP contribution in [0.25, 0.3) is 11.3 Å². The molecule has 1 aromatic carbocycles. The van der Waals surface area contributed by atoms with Gasteiger partial charge in [-0.3, -0.25) is 9.88 Å². The molecule has 6 nitrogen and oxygen atoms in total. The van der Waals surface area contributed by atoms with E-state index >= 15 is 0 Å². The normalized spacial score (nSPS) is 17.4. The topological polar surface area (TPSA) is 67.1 Å². The first-order chi connectivity index (χ1) is 13.5. The quantitative estimate of drug-likeness (QED) is 0.732. The van der Waals surface area contributed by atoms with Crippen molar-refractivity contribution >= 4 is 0 Å². The van der Waals surface area contributed by atoms with Crippen LogP contribution in [0.2, 0.25) is 0 Å². The van der Waals surface area contributed by atoms with E-state index < -0.39 is 11.6 Å². The average molecular weight is 385 g/mol.